The fourth-order valence-electron chi connectivity index (χ4n) is 3.53. The van der Waals surface area contributed by atoms with Gasteiger partial charge in [-0.25, -0.2) is 0 Å². The normalized spacial score (nSPS) is 17.3. The van der Waals surface area contributed by atoms with Crippen molar-refractivity contribution in [3.05, 3.63) is 58.6 Å². The largest absolute Gasteiger partial charge is 0.334 e. The average Bonchev–Trinajstić information content (AvgIpc) is 3.26. The lowest BCUT2D eigenvalue weighted by molar-refractivity contribution is -0.132. The van der Waals surface area contributed by atoms with Crippen LogP contribution in [0, 0.1) is 0 Å². The molecule has 7 nitrogen and oxygen atoms in total. The van der Waals surface area contributed by atoms with Crippen LogP contribution in [0.5, 0.6) is 0 Å². The number of hydrogen-bond donors (Lipinski definition) is 0. The number of aromatic nitrogens is 4. The highest BCUT2D eigenvalue weighted by Gasteiger charge is 2.31. The van der Waals surface area contributed by atoms with Crippen LogP contribution in [0.25, 0.3) is 10.9 Å². The third-order valence-corrected chi connectivity index (χ3v) is 4.73. The molecule has 0 bridgehead atoms. The van der Waals surface area contributed by atoms with Gasteiger partial charge in [0.1, 0.15) is 6.54 Å². The van der Waals surface area contributed by atoms with Gasteiger partial charge in [0.2, 0.25) is 11.3 Å². The molecule has 2 aromatic heterocycles. The fourth-order valence-corrected chi connectivity index (χ4v) is 3.53. The second-order valence-electron chi connectivity index (χ2n) is 6.38. The molecule has 25 heavy (non-hydrogen) atoms. The number of aryl methyl sites for hydroxylation is 1. The zero-order valence-electron chi connectivity index (χ0n) is 14.0. The van der Waals surface area contributed by atoms with Crippen LogP contribution in [0.3, 0.4) is 0 Å². The Morgan fingerprint density at radius 3 is 2.88 bits per heavy atom. The molecule has 7 heteroatoms. The molecule has 4 rings (SSSR count). The monoisotopic (exact) mass is 337 g/mol. The molecule has 3 heterocycles. The summed E-state index contributed by atoms with van der Waals surface area (Å²) < 4.78 is 3.37. The van der Waals surface area contributed by atoms with E-state index in [9.17, 15) is 9.59 Å². The van der Waals surface area contributed by atoms with Crippen LogP contribution < -0.4 is 5.43 Å². The molecule has 1 aliphatic heterocycles. The van der Waals surface area contributed by atoms with Crippen LogP contribution in [0.15, 0.2) is 47.7 Å². The van der Waals surface area contributed by atoms with E-state index in [1.807, 2.05) is 42.5 Å². The summed E-state index contributed by atoms with van der Waals surface area (Å²) in [4.78, 5) is 26.7. The Morgan fingerprint density at radius 2 is 2.08 bits per heavy atom. The predicted molar refractivity (Wildman–Crippen MR) is 92.9 cm³/mol. The highest BCUT2D eigenvalue weighted by Crippen LogP contribution is 2.31. The highest BCUT2D eigenvalue weighted by atomic mass is 16.2. The molecular weight excluding hydrogens is 318 g/mol. The number of carbonyl (C=O) groups is 1. The molecule has 1 amide bonds. The van der Waals surface area contributed by atoms with E-state index in [4.69, 9.17) is 0 Å². The summed E-state index contributed by atoms with van der Waals surface area (Å²) in [6, 6.07) is 7.30. The van der Waals surface area contributed by atoms with Gasteiger partial charge >= 0.3 is 0 Å². The smallest absolute Gasteiger partial charge is 0.244 e. The van der Waals surface area contributed by atoms with Crippen molar-refractivity contribution in [2.24, 2.45) is 7.05 Å². The molecule has 1 fully saturated rings. The van der Waals surface area contributed by atoms with E-state index < -0.39 is 0 Å². The van der Waals surface area contributed by atoms with Gasteiger partial charge in [0.05, 0.1) is 24.0 Å². The molecule has 0 saturated carbocycles. The van der Waals surface area contributed by atoms with Crippen molar-refractivity contribution in [1.82, 2.24) is 24.5 Å². The SMILES string of the molecule is Cn1cc(C2CCCN2C(=O)Cn2ncc(=O)c3ccccc32)cn1. The Hall–Kier alpha value is -2.96. The Morgan fingerprint density at radius 1 is 1.24 bits per heavy atom. The molecule has 128 valence electrons. The number of para-hydroxylation sites is 1. The average molecular weight is 337 g/mol. The molecule has 1 atom stereocenters. The van der Waals surface area contributed by atoms with Crippen LogP contribution in [0.1, 0.15) is 24.4 Å². The molecule has 1 aliphatic rings. The lowest BCUT2D eigenvalue weighted by atomic mass is 10.1. The molecule has 1 aromatic carbocycles. The predicted octanol–water partition coefficient (Wildman–Crippen LogP) is 1.49. The van der Waals surface area contributed by atoms with Crippen molar-refractivity contribution >= 4 is 16.8 Å². The van der Waals surface area contributed by atoms with E-state index in [1.165, 1.54) is 6.20 Å². The first kappa shape index (κ1) is 15.6. The van der Waals surface area contributed by atoms with Crippen molar-refractivity contribution in [3.8, 4) is 0 Å². The van der Waals surface area contributed by atoms with Crippen molar-refractivity contribution in [1.29, 1.82) is 0 Å². The Labute approximate surface area is 144 Å². The van der Waals surface area contributed by atoms with Gasteiger partial charge in [0.15, 0.2) is 0 Å². The maximum Gasteiger partial charge on any atom is 0.244 e. The number of fused-ring (bicyclic) bond motifs is 1. The third-order valence-electron chi connectivity index (χ3n) is 4.73. The zero-order chi connectivity index (χ0) is 17.4. The van der Waals surface area contributed by atoms with Gasteiger partial charge in [-0.15, -0.1) is 0 Å². The zero-order valence-corrected chi connectivity index (χ0v) is 14.0. The van der Waals surface area contributed by atoms with Crippen LogP contribution in [-0.2, 0) is 18.4 Å². The summed E-state index contributed by atoms with van der Waals surface area (Å²) >= 11 is 0. The van der Waals surface area contributed by atoms with Gasteiger partial charge in [-0.3, -0.25) is 19.0 Å². The standard InChI is InChI=1S/C18H19N5O2/c1-21-11-13(9-19-21)15-7-4-8-22(15)18(25)12-23-16-6-3-2-5-14(16)17(24)10-20-23/h2-3,5-6,9-11,15H,4,7-8,12H2,1H3. The van der Waals surface area contributed by atoms with Crippen molar-refractivity contribution in [2.45, 2.75) is 25.4 Å². The first-order chi connectivity index (χ1) is 12.1. The molecule has 3 aromatic rings. The number of carbonyl (C=O) groups excluding carboxylic acids is 1. The first-order valence-corrected chi connectivity index (χ1v) is 8.36. The lowest BCUT2D eigenvalue weighted by Crippen LogP contribution is -2.34. The van der Waals surface area contributed by atoms with Crippen LogP contribution >= 0.6 is 0 Å². The summed E-state index contributed by atoms with van der Waals surface area (Å²) in [6.07, 6.45) is 6.98. The quantitative estimate of drug-likeness (QED) is 0.726. The molecule has 0 N–H and O–H groups in total. The Bertz CT molecular complexity index is 990. The van der Waals surface area contributed by atoms with Gasteiger partial charge in [0, 0.05) is 30.7 Å². The van der Waals surface area contributed by atoms with Crippen molar-refractivity contribution in [3.63, 3.8) is 0 Å². The van der Waals surface area contributed by atoms with E-state index in [-0.39, 0.29) is 23.9 Å². The van der Waals surface area contributed by atoms with Gasteiger partial charge in [-0.05, 0) is 25.0 Å². The second-order valence-corrected chi connectivity index (χ2v) is 6.38. The number of benzene rings is 1. The molecule has 0 radical (unpaired) electrons. The summed E-state index contributed by atoms with van der Waals surface area (Å²) in [6.45, 7) is 0.855. The summed E-state index contributed by atoms with van der Waals surface area (Å²) in [7, 11) is 1.88. The molecule has 0 aliphatic carbocycles. The molecular formula is C18H19N5O2. The third kappa shape index (κ3) is 2.82. The summed E-state index contributed by atoms with van der Waals surface area (Å²) in [5.74, 6) is 0.00709. The van der Waals surface area contributed by atoms with Crippen molar-refractivity contribution < 1.29 is 4.79 Å². The van der Waals surface area contributed by atoms with E-state index in [2.05, 4.69) is 10.2 Å². The first-order valence-electron chi connectivity index (χ1n) is 8.36. The molecule has 0 spiro atoms. The highest BCUT2D eigenvalue weighted by molar-refractivity contribution is 5.81. The summed E-state index contributed by atoms with van der Waals surface area (Å²) in [5, 5.41) is 8.96. The maximum absolute atomic E-state index is 12.9. The van der Waals surface area contributed by atoms with E-state index in [0.29, 0.717) is 10.9 Å². The number of amides is 1. The number of nitrogens with zero attached hydrogens (tertiary/aromatic N) is 5. The maximum atomic E-state index is 12.9. The Kier molecular flexibility index (Phi) is 3.83. The number of likely N-dealkylation sites (tertiary alicyclic amines) is 1. The second kappa shape index (κ2) is 6.16. The Balaban J connectivity index is 1.62. The van der Waals surface area contributed by atoms with Gasteiger partial charge < -0.3 is 4.90 Å². The van der Waals surface area contributed by atoms with Crippen LogP contribution in [-0.4, -0.2) is 36.9 Å². The van der Waals surface area contributed by atoms with Crippen molar-refractivity contribution in [2.75, 3.05) is 6.54 Å². The minimum atomic E-state index is -0.131. The molecule has 1 unspecified atom stereocenters. The number of hydrogen-bond acceptors (Lipinski definition) is 4. The fraction of sp³-hybridized carbons (Fsp3) is 0.333. The van der Waals surface area contributed by atoms with E-state index in [1.54, 1.807) is 15.4 Å². The minimum Gasteiger partial charge on any atom is -0.334 e. The topological polar surface area (TPSA) is 73.0 Å². The number of rotatable bonds is 3. The van der Waals surface area contributed by atoms with Gasteiger partial charge in [0.25, 0.3) is 0 Å². The minimum absolute atomic E-state index is 0.00709. The summed E-state index contributed by atoms with van der Waals surface area (Å²) in [5.41, 5.74) is 1.61. The van der Waals surface area contributed by atoms with Crippen LogP contribution in [0.2, 0.25) is 0 Å². The van der Waals surface area contributed by atoms with E-state index >= 15 is 0 Å². The lowest BCUT2D eigenvalue weighted by Gasteiger charge is -2.24. The molecule has 1 saturated heterocycles. The van der Waals surface area contributed by atoms with E-state index in [0.717, 1.165) is 24.9 Å². The van der Waals surface area contributed by atoms with Crippen LogP contribution in [0.4, 0.5) is 0 Å². The van der Waals surface area contributed by atoms with Gasteiger partial charge in [-0.2, -0.15) is 10.2 Å². The van der Waals surface area contributed by atoms with Gasteiger partial charge in [-0.1, -0.05) is 12.1 Å².